The van der Waals surface area contributed by atoms with Gasteiger partial charge in [-0.05, 0) is 41.3 Å². The van der Waals surface area contributed by atoms with Gasteiger partial charge in [0.05, 0.1) is 6.61 Å². The topological polar surface area (TPSA) is 85.5 Å². The fourth-order valence-corrected chi connectivity index (χ4v) is 3.44. The molecule has 3 aromatic rings. The van der Waals surface area contributed by atoms with Crippen LogP contribution in [0.3, 0.4) is 0 Å². The zero-order valence-electron chi connectivity index (χ0n) is 18.6. The van der Waals surface area contributed by atoms with E-state index in [2.05, 4.69) is 4.98 Å². The molecular weight excluding hydrogens is 402 g/mol. The highest BCUT2D eigenvalue weighted by Crippen LogP contribution is 2.24. The largest absolute Gasteiger partial charge is 0.384 e. The SMILES string of the molecule is CCC(=O)N(CCOC)c1ccc(-c2ccc(C(=O)CCc3ccc(N)nc3)cc2)cc1. The molecule has 0 radical (unpaired) electrons. The highest BCUT2D eigenvalue weighted by molar-refractivity contribution is 5.96. The molecule has 0 saturated carbocycles. The fraction of sp³-hybridized carbons (Fsp3) is 0.269. The van der Waals surface area contributed by atoms with Crippen LogP contribution in [-0.4, -0.2) is 36.9 Å². The number of amides is 1. The Morgan fingerprint density at radius 3 is 2.19 bits per heavy atom. The summed E-state index contributed by atoms with van der Waals surface area (Å²) in [6, 6.07) is 19.1. The van der Waals surface area contributed by atoms with Crippen molar-refractivity contribution in [3.8, 4) is 11.1 Å². The Bertz CT molecular complexity index is 1030. The van der Waals surface area contributed by atoms with E-state index in [4.69, 9.17) is 10.5 Å². The van der Waals surface area contributed by atoms with Crippen molar-refractivity contribution >= 4 is 23.2 Å². The number of hydrogen-bond acceptors (Lipinski definition) is 5. The molecule has 0 aliphatic rings. The molecule has 32 heavy (non-hydrogen) atoms. The van der Waals surface area contributed by atoms with Gasteiger partial charge in [-0.2, -0.15) is 0 Å². The summed E-state index contributed by atoms with van der Waals surface area (Å²) in [5.41, 5.74) is 10.2. The number of Topliss-reactive ketones (excluding diaryl/α,β-unsaturated/α-hetero) is 1. The van der Waals surface area contributed by atoms with Crippen LogP contribution in [-0.2, 0) is 16.0 Å². The summed E-state index contributed by atoms with van der Waals surface area (Å²) in [6.45, 7) is 2.86. The first-order valence-corrected chi connectivity index (χ1v) is 10.7. The van der Waals surface area contributed by atoms with E-state index in [1.54, 1.807) is 24.3 Å². The Morgan fingerprint density at radius 2 is 1.62 bits per heavy atom. The molecule has 1 aromatic heterocycles. The summed E-state index contributed by atoms with van der Waals surface area (Å²) in [4.78, 5) is 30.6. The van der Waals surface area contributed by atoms with Crippen LogP contribution in [0, 0.1) is 0 Å². The number of ketones is 1. The van der Waals surface area contributed by atoms with E-state index in [0.29, 0.717) is 43.8 Å². The van der Waals surface area contributed by atoms with E-state index in [9.17, 15) is 9.59 Å². The van der Waals surface area contributed by atoms with E-state index >= 15 is 0 Å². The van der Waals surface area contributed by atoms with Gasteiger partial charge in [-0.25, -0.2) is 4.98 Å². The number of methoxy groups -OCH3 is 1. The number of anilines is 2. The standard InChI is InChI=1S/C26H29N3O3/c1-3-26(31)29(16-17-32-2)23-12-10-21(11-13-23)20-6-8-22(9-7-20)24(30)14-4-19-5-15-25(27)28-18-19/h5-13,15,18H,3-4,14,16-17H2,1-2H3,(H2,27,28). The number of hydrogen-bond donors (Lipinski definition) is 1. The smallest absolute Gasteiger partial charge is 0.226 e. The molecule has 0 unspecified atom stereocenters. The van der Waals surface area contributed by atoms with Crippen molar-refractivity contribution < 1.29 is 14.3 Å². The zero-order chi connectivity index (χ0) is 22.9. The van der Waals surface area contributed by atoms with Crippen LogP contribution in [0.25, 0.3) is 11.1 Å². The lowest BCUT2D eigenvalue weighted by atomic mass is 9.99. The molecule has 1 heterocycles. The zero-order valence-corrected chi connectivity index (χ0v) is 18.6. The van der Waals surface area contributed by atoms with Gasteiger partial charge in [-0.15, -0.1) is 0 Å². The maximum absolute atomic E-state index is 12.5. The van der Waals surface area contributed by atoms with Crippen molar-refractivity contribution in [1.29, 1.82) is 0 Å². The molecule has 6 heteroatoms. The van der Waals surface area contributed by atoms with Gasteiger partial charge < -0.3 is 15.4 Å². The van der Waals surface area contributed by atoms with Gasteiger partial charge in [-0.3, -0.25) is 9.59 Å². The minimum atomic E-state index is 0.0624. The summed E-state index contributed by atoms with van der Waals surface area (Å²) in [7, 11) is 1.63. The third kappa shape index (κ3) is 6.02. The van der Waals surface area contributed by atoms with Crippen molar-refractivity contribution in [2.45, 2.75) is 26.2 Å². The van der Waals surface area contributed by atoms with Crippen LogP contribution in [0.4, 0.5) is 11.5 Å². The van der Waals surface area contributed by atoms with E-state index in [1.807, 2.05) is 61.5 Å². The van der Waals surface area contributed by atoms with Gasteiger partial charge in [0.1, 0.15) is 5.82 Å². The normalized spacial score (nSPS) is 10.7. The summed E-state index contributed by atoms with van der Waals surface area (Å²) in [5.74, 6) is 0.631. The summed E-state index contributed by atoms with van der Waals surface area (Å²) >= 11 is 0. The van der Waals surface area contributed by atoms with Gasteiger partial charge >= 0.3 is 0 Å². The third-order valence-corrected chi connectivity index (χ3v) is 5.33. The molecule has 0 spiro atoms. The highest BCUT2D eigenvalue weighted by Gasteiger charge is 2.14. The number of nitrogens with zero attached hydrogens (tertiary/aromatic N) is 2. The van der Waals surface area contributed by atoms with Crippen LogP contribution in [0.15, 0.2) is 66.9 Å². The molecular formula is C26H29N3O3. The summed E-state index contributed by atoms with van der Waals surface area (Å²) in [5, 5.41) is 0. The number of pyridine rings is 1. The molecule has 0 aliphatic heterocycles. The molecule has 0 fully saturated rings. The molecule has 1 amide bonds. The predicted molar refractivity (Wildman–Crippen MR) is 128 cm³/mol. The molecule has 2 N–H and O–H groups in total. The average molecular weight is 432 g/mol. The fourth-order valence-electron chi connectivity index (χ4n) is 3.44. The first-order chi connectivity index (χ1) is 15.5. The number of nitrogen functional groups attached to an aromatic ring is 1. The highest BCUT2D eigenvalue weighted by atomic mass is 16.5. The van der Waals surface area contributed by atoms with E-state index in [1.165, 1.54) is 0 Å². The molecule has 0 saturated heterocycles. The lowest BCUT2D eigenvalue weighted by Crippen LogP contribution is -2.33. The average Bonchev–Trinajstić information content (AvgIpc) is 2.84. The number of carbonyl (C=O) groups is 2. The maximum atomic E-state index is 12.5. The van der Waals surface area contributed by atoms with E-state index < -0.39 is 0 Å². The van der Waals surface area contributed by atoms with Crippen LogP contribution in [0.1, 0.15) is 35.7 Å². The molecule has 6 nitrogen and oxygen atoms in total. The molecule has 166 valence electrons. The van der Waals surface area contributed by atoms with Gasteiger partial charge in [0, 0.05) is 43.9 Å². The molecule has 2 aromatic carbocycles. The second-order valence-electron chi connectivity index (χ2n) is 7.53. The van der Waals surface area contributed by atoms with Crippen molar-refractivity contribution in [2.24, 2.45) is 0 Å². The second kappa shape index (κ2) is 11.2. The lowest BCUT2D eigenvalue weighted by molar-refractivity contribution is -0.118. The summed E-state index contributed by atoms with van der Waals surface area (Å²) < 4.78 is 5.13. The monoisotopic (exact) mass is 431 g/mol. The Kier molecular flexibility index (Phi) is 8.11. The van der Waals surface area contributed by atoms with Crippen molar-refractivity contribution in [1.82, 2.24) is 4.98 Å². The van der Waals surface area contributed by atoms with Gasteiger partial charge in [0.15, 0.2) is 5.78 Å². The Hall–Kier alpha value is -3.51. The maximum Gasteiger partial charge on any atom is 0.226 e. The van der Waals surface area contributed by atoms with Crippen molar-refractivity contribution in [2.75, 3.05) is 30.9 Å². The number of aryl methyl sites for hydroxylation is 1. The van der Waals surface area contributed by atoms with Crippen LogP contribution in [0.5, 0.6) is 0 Å². The minimum absolute atomic E-state index is 0.0624. The molecule has 3 rings (SSSR count). The van der Waals surface area contributed by atoms with Gasteiger partial charge in [0.25, 0.3) is 0 Å². The van der Waals surface area contributed by atoms with Gasteiger partial charge in [-0.1, -0.05) is 49.4 Å². The predicted octanol–water partition coefficient (Wildman–Crippen LogP) is 4.54. The Labute approximate surface area is 189 Å². The number of carbonyl (C=O) groups excluding carboxylic acids is 2. The van der Waals surface area contributed by atoms with E-state index in [-0.39, 0.29) is 11.7 Å². The number of rotatable bonds is 10. The quantitative estimate of drug-likeness (QED) is 0.477. The van der Waals surface area contributed by atoms with E-state index in [0.717, 1.165) is 22.4 Å². The van der Waals surface area contributed by atoms with Gasteiger partial charge in [0.2, 0.25) is 5.91 Å². The first-order valence-electron chi connectivity index (χ1n) is 10.7. The van der Waals surface area contributed by atoms with Crippen molar-refractivity contribution in [3.05, 3.63) is 78.0 Å². The number of ether oxygens (including phenoxy) is 1. The third-order valence-electron chi connectivity index (χ3n) is 5.33. The molecule has 0 atom stereocenters. The van der Waals surface area contributed by atoms with Crippen LogP contribution >= 0.6 is 0 Å². The first kappa shape index (κ1) is 23.2. The minimum Gasteiger partial charge on any atom is -0.384 e. The van der Waals surface area contributed by atoms with Crippen LogP contribution in [0.2, 0.25) is 0 Å². The van der Waals surface area contributed by atoms with Crippen LogP contribution < -0.4 is 10.6 Å². The molecule has 0 bridgehead atoms. The van der Waals surface area contributed by atoms with Crippen molar-refractivity contribution in [3.63, 3.8) is 0 Å². The molecule has 0 aliphatic carbocycles. The second-order valence-corrected chi connectivity index (χ2v) is 7.53. The number of aromatic nitrogens is 1. The number of nitrogens with two attached hydrogens (primary N) is 1. The summed E-state index contributed by atoms with van der Waals surface area (Å²) in [6.07, 6.45) is 3.20. The lowest BCUT2D eigenvalue weighted by Gasteiger charge is -2.22. The number of benzene rings is 2. The Morgan fingerprint density at radius 1 is 0.969 bits per heavy atom. The Balaban J connectivity index is 1.65.